The van der Waals surface area contributed by atoms with Gasteiger partial charge in [-0.3, -0.25) is 4.55 Å². The zero-order chi connectivity index (χ0) is 21.8. The summed E-state index contributed by atoms with van der Waals surface area (Å²) in [4.78, 5) is 25.5. The molecule has 146 valence electrons. The van der Waals surface area contributed by atoms with Crippen molar-refractivity contribution in [1.82, 2.24) is 0 Å². The molecule has 0 spiro atoms. The van der Waals surface area contributed by atoms with Crippen LogP contribution in [0.25, 0.3) is 0 Å². The van der Waals surface area contributed by atoms with Crippen LogP contribution in [0.4, 0.5) is 0 Å². The molecule has 0 aromatic heterocycles. The number of carbonyl (C=O) groups is 2. The van der Waals surface area contributed by atoms with E-state index >= 15 is 0 Å². The van der Waals surface area contributed by atoms with Gasteiger partial charge in [0, 0.05) is 0 Å². The van der Waals surface area contributed by atoms with Crippen molar-refractivity contribution < 1.29 is 32.0 Å². The second-order valence-corrected chi connectivity index (χ2v) is 8.25. The molecule has 0 heterocycles. The fraction of sp³-hybridized carbons (Fsp3) is 0.529. The Morgan fingerprint density at radius 1 is 0.966 bits per heavy atom. The van der Waals surface area contributed by atoms with Crippen LogP contribution in [-0.4, -0.2) is 74.8 Å². The maximum atomic E-state index is 12.9. The molecule has 1 saturated carbocycles. The molecular weight excluding hydrogens is 391 g/mol. The van der Waals surface area contributed by atoms with Gasteiger partial charge in [0.25, 0.3) is 10.1 Å². The summed E-state index contributed by atoms with van der Waals surface area (Å²) in [6, 6.07) is 0. The van der Waals surface area contributed by atoms with Gasteiger partial charge in [0.15, 0.2) is 0 Å². The Kier molecular flexibility index (Phi) is 8.05. The largest absolute Gasteiger partial charge is 0.461 e. The molecule has 1 N–H and O–H groups in total. The number of esters is 2. The smallest absolute Gasteiger partial charge is 0.339 e. The number of hydrogen-bond donors (Lipinski definition) is 1. The predicted molar refractivity (Wildman–Crippen MR) is 111 cm³/mol. The normalized spacial score (nSPS) is 14.7. The lowest BCUT2D eigenvalue weighted by Crippen LogP contribution is -2.37. The van der Waals surface area contributed by atoms with Crippen LogP contribution >= 0.6 is 0 Å². The molecule has 7 nitrogen and oxygen atoms in total. The van der Waals surface area contributed by atoms with E-state index in [1.54, 1.807) is 0 Å². The molecule has 0 aliphatic heterocycles. The Hall–Kier alpha value is -1.67. The minimum Gasteiger partial charge on any atom is -0.461 e. The number of benzene rings is 1. The van der Waals surface area contributed by atoms with Crippen molar-refractivity contribution in [3.63, 3.8) is 0 Å². The van der Waals surface area contributed by atoms with E-state index in [9.17, 15) is 18.0 Å². The van der Waals surface area contributed by atoms with Crippen molar-refractivity contribution in [2.24, 2.45) is 0 Å². The maximum absolute atomic E-state index is 12.9. The highest BCUT2D eigenvalue weighted by atomic mass is 32.2. The Labute approximate surface area is 175 Å². The van der Waals surface area contributed by atoms with Gasteiger partial charge >= 0.3 is 11.9 Å². The summed E-state index contributed by atoms with van der Waals surface area (Å²) in [6.45, 7) is -0.642. The first kappa shape index (κ1) is 23.6. The molecule has 0 bridgehead atoms. The molecule has 2 rings (SSSR count). The molecule has 1 aliphatic rings. The van der Waals surface area contributed by atoms with Crippen LogP contribution in [0.3, 0.4) is 0 Å². The van der Waals surface area contributed by atoms with Crippen molar-refractivity contribution >= 4 is 64.4 Å². The first-order valence-electron chi connectivity index (χ1n) is 9.06. The number of rotatable bonds is 8. The summed E-state index contributed by atoms with van der Waals surface area (Å²) < 4.78 is 40.9. The van der Waals surface area contributed by atoms with Crippen LogP contribution in [0.2, 0.25) is 0 Å². The lowest BCUT2D eigenvalue weighted by atomic mass is 9.68. The van der Waals surface area contributed by atoms with Gasteiger partial charge in [-0.05, 0) is 31.2 Å². The topological polar surface area (TPSA) is 107 Å². The number of hydrogen-bond acceptors (Lipinski definition) is 6. The van der Waals surface area contributed by atoms with Crippen molar-refractivity contribution in [3.05, 3.63) is 22.3 Å². The average Bonchev–Trinajstić information content (AvgIpc) is 3.13. The fourth-order valence-corrected chi connectivity index (χ4v) is 3.59. The SMILES string of the molecule is [B]Cc1c([B])c(C[B])c(C(=O)OCCS(=O)(=O)O)c(C(=O)OC2CCCC2)c1[B]. The molecule has 29 heavy (non-hydrogen) atoms. The third-order valence-electron chi connectivity index (χ3n) is 4.76. The van der Waals surface area contributed by atoms with E-state index in [2.05, 4.69) is 0 Å². The van der Waals surface area contributed by atoms with E-state index in [0.29, 0.717) is 12.8 Å². The molecule has 1 aliphatic carbocycles. The Bertz CT molecular complexity index is 896. The van der Waals surface area contributed by atoms with Crippen molar-refractivity contribution in [2.45, 2.75) is 44.4 Å². The average molecular weight is 410 g/mol. The zero-order valence-corrected chi connectivity index (χ0v) is 16.7. The van der Waals surface area contributed by atoms with Crippen LogP contribution in [0.15, 0.2) is 0 Å². The molecule has 0 atom stereocenters. The molecule has 12 heteroatoms. The Morgan fingerprint density at radius 2 is 1.55 bits per heavy atom. The lowest BCUT2D eigenvalue weighted by molar-refractivity contribution is 0.0308. The van der Waals surface area contributed by atoms with Gasteiger partial charge in [0.1, 0.15) is 34.2 Å². The third kappa shape index (κ3) is 5.69. The summed E-state index contributed by atoms with van der Waals surface area (Å²) in [6.07, 6.45) is 2.59. The lowest BCUT2D eigenvalue weighted by Gasteiger charge is -2.23. The summed E-state index contributed by atoms with van der Waals surface area (Å²) in [7, 11) is 19.2. The van der Waals surface area contributed by atoms with Crippen LogP contribution in [0, 0.1) is 0 Å². The summed E-state index contributed by atoms with van der Waals surface area (Å²) in [5.74, 6) is -2.71. The first-order chi connectivity index (χ1) is 13.6. The first-order valence-corrected chi connectivity index (χ1v) is 10.7. The van der Waals surface area contributed by atoms with Crippen LogP contribution in [0.1, 0.15) is 57.5 Å². The number of carbonyl (C=O) groups excluding carboxylic acids is 2. The Balaban J connectivity index is 2.50. The van der Waals surface area contributed by atoms with E-state index in [4.69, 9.17) is 45.4 Å². The van der Waals surface area contributed by atoms with Gasteiger partial charge in [0.05, 0.1) is 26.8 Å². The second kappa shape index (κ2) is 9.89. The van der Waals surface area contributed by atoms with Gasteiger partial charge in [-0.15, -0.1) is 0 Å². The molecule has 8 radical (unpaired) electrons. The molecule has 0 unspecified atom stereocenters. The van der Waals surface area contributed by atoms with Gasteiger partial charge in [-0.25, -0.2) is 9.59 Å². The van der Waals surface area contributed by atoms with E-state index in [1.165, 1.54) is 0 Å². The molecule has 1 fully saturated rings. The minimum absolute atomic E-state index is 0.0478. The number of ether oxygens (including phenoxy) is 2. The molecular formula is C17H18B4O7S. The van der Waals surface area contributed by atoms with Gasteiger partial charge in [0.2, 0.25) is 0 Å². The van der Waals surface area contributed by atoms with E-state index in [1.807, 2.05) is 0 Å². The van der Waals surface area contributed by atoms with Gasteiger partial charge < -0.3 is 9.47 Å². The quantitative estimate of drug-likeness (QED) is 0.325. The fourth-order valence-electron chi connectivity index (χ4n) is 3.30. The molecule has 0 amide bonds. The van der Waals surface area contributed by atoms with Crippen LogP contribution < -0.4 is 10.9 Å². The third-order valence-corrected chi connectivity index (χ3v) is 5.45. The minimum atomic E-state index is -4.35. The van der Waals surface area contributed by atoms with Crippen molar-refractivity contribution in [1.29, 1.82) is 0 Å². The summed E-state index contributed by atoms with van der Waals surface area (Å²) in [5.41, 5.74) is -0.284. The molecule has 0 saturated heterocycles. The summed E-state index contributed by atoms with van der Waals surface area (Å²) in [5, 5.41) is 0. The maximum Gasteiger partial charge on any atom is 0.339 e. The van der Waals surface area contributed by atoms with E-state index in [0.717, 1.165) is 12.8 Å². The van der Waals surface area contributed by atoms with E-state index in [-0.39, 0.29) is 51.9 Å². The standard InChI is InChI=1S/C17H18B4O7S/c18-7-10-12(16(22)27-5-6-29(24,25)26)13(15(21)11(8-19)14(10)20)17(23)28-9-3-1-2-4-9/h9H,1-8H2,(H,24,25,26). The highest BCUT2D eigenvalue weighted by Gasteiger charge is 2.30. The van der Waals surface area contributed by atoms with Gasteiger partial charge in [-0.1, -0.05) is 29.1 Å². The van der Waals surface area contributed by atoms with Crippen LogP contribution in [-0.2, 0) is 32.2 Å². The van der Waals surface area contributed by atoms with Crippen molar-refractivity contribution in [2.75, 3.05) is 12.4 Å². The Morgan fingerprint density at radius 3 is 2.07 bits per heavy atom. The second-order valence-electron chi connectivity index (χ2n) is 6.68. The van der Waals surface area contributed by atoms with Crippen molar-refractivity contribution in [3.8, 4) is 0 Å². The van der Waals surface area contributed by atoms with E-state index < -0.39 is 34.4 Å². The monoisotopic (exact) mass is 410 g/mol. The zero-order valence-electron chi connectivity index (χ0n) is 15.8. The van der Waals surface area contributed by atoms with Gasteiger partial charge in [-0.2, -0.15) is 8.42 Å². The highest BCUT2D eigenvalue weighted by Crippen LogP contribution is 2.24. The summed E-state index contributed by atoms with van der Waals surface area (Å²) >= 11 is 0. The molecule has 1 aromatic carbocycles. The highest BCUT2D eigenvalue weighted by molar-refractivity contribution is 7.85. The predicted octanol–water partition coefficient (Wildman–Crippen LogP) is -1.24. The van der Waals surface area contributed by atoms with Crippen LogP contribution in [0.5, 0.6) is 0 Å². The molecule has 1 aromatic rings.